The van der Waals surface area contributed by atoms with Crippen LogP contribution in [-0.2, 0) is 14.4 Å². The molecule has 9 nitrogen and oxygen atoms in total. The number of halogens is 4. The maximum Gasteiger partial charge on any atom is 0.246 e. The first-order chi connectivity index (χ1) is 19.3. The summed E-state index contributed by atoms with van der Waals surface area (Å²) in [5.41, 5.74) is 0.389. The Labute approximate surface area is 258 Å². The lowest BCUT2D eigenvalue weighted by molar-refractivity contribution is -0.149. The van der Waals surface area contributed by atoms with Gasteiger partial charge in [0.2, 0.25) is 17.7 Å². The third-order valence-electron chi connectivity index (χ3n) is 9.20. The van der Waals surface area contributed by atoms with Crippen LogP contribution in [0.15, 0.2) is 12.1 Å². The van der Waals surface area contributed by atoms with Crippen molar-refractivity contribution in [1.29, 1.82) is 0 Å². The van der Waals surface area contributed by atoms with Crippen molar-refractivity contribution < 1.29 is 27.9 Å². The molecule has 0 unspecified atom stereocenters. The molecule has 1 aromatic carbocycles. The van der Waals surface area contributed by atoms with E-state index in [9.17, 15) is 23.2 Å². The van der Waals surface area contributed by atoms with Crippen LogP contribution in [0.25, 0.3) is 0 Å². The molecule has 0 radical (unpaired) electrons. The summed E-state index contributed by atoms with van der Waals surface area (Å²) >= 11 is 0. The third-order valence-corrected chi connectivity index (χ3v) is 9.20. The van der Waals surface area contributed by atoms with Crippen LogP contribution in [0.2, 0.25) is 0 Å². The Morgan fingerprint density at radius 3 is 2.40 bits per heavy atom. The van der Waals surface area contributed by atoms with Crippen molar-refractivity contribution >= 4 is 42.5 Å². The van der Waals surface area contributed by atoms with Gasteiger partial charge in [-0.1, -0.05) is 19.3 Å². The molecular formula is C29H43Cl2F2N5O4. The SMILES string of the molecule is CN[C@@H](C)C(=O)N[C@H](C(=O)N1C[C@H]2CCCN2C[C@H]1C(=O)N[C@@H]1CCOc2cc(F)c(F)cc21)C1CCCCC1.Cl.Cl. The normalized spacial score (nSPS) is 25.4. The number of piperazine rings is 1. The molecule has 236 valence electrons. The van der Waals surface area contributed by atoms with E-state index in [2.05, 4.69) is 20.9 Å². The van der Waals surface area contributed by atoms with Crippen molar-refractivity contribution in [2.75, 3.05) is 33.3 Å². The zero-order valence-corrected chi connectivity index (χ0v) is 25.8. The summed E-state index contributed by atoms with van der Waals surface area (Å²) in [5, 5.41) is 8.99. The molecule has 1 saturated carbocycles. The van der Waals surface area contributed by atoms with Crippen LogP contribution in [0, 0.1) is 17.6 Å². The summed E-state index contributed by atoms with van der Waals surface area (Å²) in [4.78, 5) is 45.1. The Kier molecular flexibility index (Phi) is 12.2. The van der Waals surface area contributed by atoms with Gasteiger partial charge in [-0.15, -0.1) is 24.8 Å². The maximum absolute atomic E-state index is 14.3. The molecule has 5 rings (SSSR count). The number of nitrogens with one attached hydrogen (secondary N) is 3. The van der Waals surface area contributed by atoms with Gasteiger partial charge in [-0.2, -0.15) is 0 Å². The van der Waals surface area contributed by atoms with Crippen LogP contribution in [-0.4, -0.2) is 85.0 Å². The van der Waals surface area contributed by atoms with Crippen LogP contribution in [0.1, 0.15) is 69.9 Å². The number of fused-ring (bicyclic) bond motifs is 2. The molecule has 3 heterocycles. The predicted octanol–water partition coefficient (Wildman–Crippen LogP) is 3.10. The highest BCUT2D eigenvalue weighted by Gasteiger charge is 2.45. The number of nitrogens with zero attached hydrogens (tertiary/aromatic N) is 2. The van der Waals surface area contributed by atoms with Gasteiger partial charge in [-0.25, -0.2) is 8.78 Å². The zero-order chi connectivity index (χ0) is 28.4. The summed E-state index contributed by atoms with van der Waals surface area (Å²) in [6.45, 7) is 3.69. The minimum atomic E-state index is -1.00. The Balaban J connectivity index is 0.00000242. The summed E-state index contributed by atoms with van der Waals surface area (Å²) in [7, 11) is 1.70. The highest BCUT2D eigenvalue weighted by atomic mass is 35.5. The van der Waals surface area contributed by atoms with E-state index in [1.54, 1.807) is 18.9 Å². The zero-order valence-electron chi connectivity index (χ0n) is 24.2. The second-order valence-electron chi connectivity index (χ2n) is 11.7. The second kappa shape index (κ2) is 15.0. The van der Waals surface area contributed by atoms with Gasteiger partial charge in [0.05, 0.1) is 18.7 Å². The fraction of sp³-hybridized carbons (Fsp3) is 0.690. The standard InChI is InChI=1S/C29H41F2N5O4.2ClH/c1-17(32-2)27(37)34-26(18-7-4-3-5-8-18)29(39)36-15-19-9-6-11-35(19)16-24(36)28(38)33-23-10-12-40-25-14-22(31)21(30)13-20(23)25;;/h13-14,17-19,23-24,26,32H,3-12,15-16H2,1-2H3,(H,33,38)(H,34,37);2*1H/t17-,19+,23+,24-,26-;;/m0../s1. The first-order valence-electron chi connectivity index (χ1n) is 14.7. The highest BCUT2D eigenvalue weighted by molar-refractivity contribution is 5.93. The van der Waals surface area contributed by atoms with Gasteiger partial charge in [0.15, 0.2) is 11.6 Å². The first-order valence-corrected chi connectivity index (χ1v) is 14.7. The monoisotopic (exact) mass is 633 g/mol. The van der Waals surface area contributed by atoms with E-state index in [1.807, 2.05) is 0 Å². The smallest absolute Gasteiger partial charge is 0.246 e. The molecule has 1 aromatic rings. The highest BCUT2D eigenvalue weighted by Crippen LogP contribution is 2.35. The fourth-order valence-corrected chi connectivity index (χ4v) is 6.72. The molecule has 3 amide bonds. The van der Waals surface area contributed by atoms with Crippen molar-refractivity contribution in [3.63, 3.8) is 0 Å². The Morgan fingerprint density at radius 1 is 0.976 bits per heavy atom. The van der Waals surface area contributed by atoms with Crippen LogP contribution in [0.3, 0.4) is 0 Å². The topological polar surface area (TPSA) is 103 Å². The molecular weight excluding hydrogens is 591 g/mol. The van der Waals surface area contributed by atoms with Crippen molar-refractivity contribution in [1.82, 2.24) is 25.8 Å². The Hall–Kier alpha value is -2.21. The molecule has 42 heavy (non-hydrogen) atoms. The molecule has 0 aromatic heterocycles. The van der Waals surface area contributed by atoms with Gasteiger partial charge in [0, 0.05) is 37.2 Å². The quantitative estimate of drug-likeness (QED) is 0.427. The summed E-state index contributed by atoms with van der Waals surface area (Å²) < 4.78 is 33.4. The summed E-state index contributed by atoms with van der Waals surface area (Å²) in [6.07, 6.45) is 7.19. The molecule has 0 spiro atoms. The number of hydrogen-bond donors (Lipinski definition) is 3. The number of rotatable bonds is 7. The molecule has 3 N–H and O–H groups in total. The van der Waals surface area contributed by atoms with Crippen molar-refractivity contribution in [2.24, 2.45) is 5.92 Å². The van der Waals surface area contributed by atoms with E-state index in [4.69, 9.17) is 4.74 Å². The van der Waals surface area contributed by atoms with E-state index in [-0.39, 0.29) is 66.9 Å². The molecule has 5 atom stereocenters. The number of carbonyl (C=O) groups is 3. The Bertz CT molecular complexity index is 1130. The number of benzene rings is 1. The van der Waals surface area contributed by atoms with Gasteiger partial charge in [-0.3, -0.25) is 19.3 Å². The fourth-order valence-electron chi connectivity index (χ4n) is 6.72. The molecule has 1 aliphatic carbocycles. The number of ether oxygens (including phenoxy) is 1. The van der Waals surface area contributed by atoms with Crippen molar-refractivity contribution in [2.45, 2.75) is 88.5 Å². The van der Waals surface area contributed by atoms with Crippen LogP contribution < -0.4 is 20.7 Å². The minimum Gasteiger partial charge on any atom is -0.493 e. The lowest BCUT2D eigenvalue weighted by Crippen LogP contribution is -2.66. The lowest BCUT2D eigenvalue weighted by Gasteiger charge is -2.45. The molecule has 2 saturated heterocycles. The summed E-state index contributed by atoms with van der Waals surface area (Å²) in [5.74, 6) is -2.56. The van der Waals surface area contributed by atoms with Crippen molar-refractivity contribution in [3.8, 4) is 5.75 Å². The molecule has 13 heteroatoms. The average Bonchev–Trinajstić information content (AvgIpc) is 3.43. The molecule has 4 aliphatic rings. The van der Waals surface area contributed by atoms with Gasteiger partial charge in [0.25, 0.3) is 0 Å². The van der Waals surface area contributed by atoms with E-state index < -0.39 is 35.8 Å². The number of hydrogen-bond acceptors (Lipinski definition) is 6. The summed E-state index contributed by atoms with van der Waals surface area (Å²) in [6, 6.07) is -0.220. The van der Waals surface area contributed by atoms with E-state index in [0.29, 0.717) is 25.1 Å². The first kappa shape index (κ1) is 34.3. The molecule has 3 fully saturated rings. The molecule has 0 bridgehead atoms. The lowest BCUT2D eigenvalue weighted by atomic mass is 9.82. The van der Waals surface area contributed by atoms with Crippen LogP contribution >= 0.6 is 24.8 Å². The average molecular weight is 635 g/mol. The van der Waals surface area contributed by atoms with E-state index >= 15 is 0 Å². The van der Waals surface area contributed by atoms with Gasteiger partial charge in [-0.05, 0) is 58.2 Å². The molecule has 3 aliphatic heterocycles. The van der Waals surface area contributed by atoms with Crippen molar-refractivity contribution in [3.05, 3.63) is 29.3 Å². The van der Waals surface area contributed by atoms with Crippen LogP contribution in [0.4, 0.5) is 8.78 Å². The third kappa shape index (κ3) is 7.29. The van der Waals surface area contributed by atoms with E-state index in [0.717, 1.165) is 63.6 Å². The van der Waals surface area contributed by atoms with Crippen LogP contribution in [0.5, 0.6) is 5.75 Å². The minimum absolute atomic E-state index is 0. The van der Waals surface area contributed by atoms with E-state index in [1.165, 1.54) is 0 Å². The number of amides is 3. The van der Waals surface area contributed by atoms with Gasteiger partial charge in [0.1, 0.15) is 17.8 Å². The predicted molar refractivity (Wildman–Crippen MR) is 159 cm³/mol. The van der Waals surface area contributed by atoms with Gasteiger partial charge >= 0.3 is 0 Å². The Morgan fingerprint density at radius 2 is 1.69 bits per heavy atom. The second-order valence-corrected chi connectivity index (χ2v) is 11.7. The largest absolute Gasteiger partial charge is 0.493 e. The number of likely N-dealkylation sites (N-methyl/N-ethyl adjacent to an activating group) is 1. The maximum atomic E-state index is 14.3. The van der Waals surface area contributed by atoms with Gasteiger partial charge < -0.3 is 25.6 Å². The number of carbonyl (C=O) groups excluding carboxylic acids is 3.